The van der Waals surface area contributed by atoms with E-state index in [4.69, 9.17) is 0 Å². The second-order valence-electron chi connectivity index (χ2n) is 5.33. The number of nitrogens with zero attached hydrogens (tertiary/aromatic N) is 5. The minimum absolute atomic E-state index is 0.0336. The molecule has 0 aliphatic rings. The molecule has 2 heterocycles. The molecule has 0 unspecified atom stereocenters. The van der Waals surface area contributed by atoms with Crippen molar-refractivity contribution < 1.29 is 4.92 Å². The molecule has 0 saturated carbocycles. The summed E-state index contributed by atoms with van der Waals surface area (Å²) in [5, 5.41) is 24.0. The monoisotopic (exact) mass is 411 g/mol. The van der Waals surface area contributed by atoms with Crippen LogP contribution in [0, 0.1) is 10.1 Å². The highest BCUT2D eigenvalue weighted by atomic mass is 79.9. The van der Waals surface area contributed by atoms with Gasteiger partial charge < -0.3 is 4.98 Å². The molecule has 0 fully saturated rings. The van der Waals surface area contributed by atoms with Crippen molar-refractivity contribution >= 4 is 55.8 Å². The van der Waals surface area contributed by atoms with E-state index in [-0.39, 0.29) is 11.6 Å². The van der Waals surface area contributed by atoms with Gasteiger partial charge in [-0.15, -0.1) is 10.2 Å². The Kier molecular flexibility index (Phi) is 4.01. The van der Waals surface area contributed by atoms with Crippen LogP contribution < -0.4 is 5.43 Å². The third-order valence-corrected chi connectivity index (χ3v) is 4.17. The number of rotatable bonds is 4. The number of aromatic nitrogens is 4. The molecular weight excluding hydrogens is 402 g/mol. The zero-order valence-electron chi connectivity index (χ0n) is 13.0. The number of fused-ring (bicyclic) bond motifs is 3. The van der Waals surface area contributed by atoms with Crippen LogP contribution in [0.15, 0.2) is 52.0 Å². The number of benzene rings is 2. The standard InChI is InChI=1S/C16H10BrN7O2/c17-10-5-6-12-11(7-10)14-15(19-12)20-16(23-21-14)22-18-8-9-3-1-2-4-13(9)24(25)26/h1-8H,(H2,19,20,22,23)/b18-8+. The molecule has 0 atom stereocenters. The minimum Gasteiger partial charge on any atom is -0.338 e. The highest BCUT2D eigenvalue weighted by Gasteiger charge is 2.11. The smallest absolute Gasteiger partial charge is 0.278 e. The van der Waals surface area contributed by atoms with Gasteiger partial charge in [0.2, 0.25) is 0 Å². The van der Waals surface area contributed by atoms with Crippen molar-refractivity contribution in [2.24, 2.45) is 5.10 Å². The summed E-state index contributed by atoms with van der Waals surface area (Å²) in [6.45, 7) is 0. The summed E-state index contributed by atoms with van der Waals surface area (Å²) in [6, 6.07) is 12.1. The van der Waals surface area contributed by atoms with E-state index in [9.17, 15) is 10.1 Å². The molecule has 0 aliphatic carbocycles. The average Bonchev–Trinajstić information content (AvgIpc) is 2.99. The van der Waals surface area contributed by atoms with Gasteiger partial charge in [-0.1, -0.05) is 28.1 Å². The van der Waals surface area contributed by atoms with Crippen LogP contribution in [0.2, 0.25) is 0 Å². The summed E-state index contributed by atoms with van der Waals surface area (Å²) in [4.78, 5) is 18.0. The highest BCUT2D eigenvalue weighted by Crippen LogP contribution is 2.25. The van der Waals surface area contributed by atoms with Gasteiger partial charge in [0.25, 0.3) is 11.6 Å². The molecule has 10 heteroatoms. The SMILES string of the molecule is O=[N+]([O-])c1ccccc1/C=N/Nc1nnc2c(n1)[nH]c1ccc(Br)cc12. The van der Waals surface area contributed by atoms with Gasteiger partial charge in [-0.25, -0.2) is 5.43 Å². The molecule has 4 aromatic rings. The molecule has 128 valence electrons. The highest BCUT2D eigenvalue weighted by molar-refractivity contribution is 9.10. The number of anilines is 1. The predicted octanol–water partition coefficient (Wildman–Crippen LogP) is 3.62. The number of hydrogen-bond acceptors (Lipinski definition) is 7. The fraction of sp³-hybridized carbons (Fsp3) is 0. The normalized spacial score (nSPS) is 11.4. The maximum absolute atomic E-state index is 11.0. The van der Waals surface area contributed by atoms with E-state index < -0.39 is 4.92 Å². The summed E-state index contributed by atoms with van der Waals surface area (Å²) >= 11 is 3.43. The Morgan fingerprint density at radius 3 is 2.92 bits per heavy atom. The first kappa shape index (κ1) is 16.1. The van der Waals surface area contributed by atoms with Crippen LogP contribution in [-0.2, 0) is 0 Å². The van der Waals surface area contributed by atoms with E-state index in [1.54, 1.807) is 18.2 Å². The third-order valence-electron chi connectivity index (χ3n) is 3.68. The average molecular weight is 412 g/mol. The number of hydrazone groups is 1. The van der Waals surface area contributed by atoms with Crippen molar-refractivity contribution in [2.75, 3.05) is 5.43 Å². The van der Waals surface area contributed by atoms with Crippen LogP contribution in [0.1, 0.15) is 5.56 Å². The van der Waals surface area contributed by atoms with Gasteiger partial charge in [0.05, 0.1) is 16.7 Å². The van der Waals surface area contributed by atoms with E-state index in [0.717, 1.165) is 15.4 Å². The van der Waals surface area contributed by atoms with Crippen LogP contribution >= 0.6 is 15.9 Å². The minimum atomic E-state index is -0.464. The van der Waals surface area contributed by atoms with E-state index in [1.165, 1.54) is 12.3 Å². The van der Waals surface area contributed by atoms with E-state index in [0.29, 0.717) is 16.7 Å². The zero-order valence-corrected chi connectivity index (χ0v) is 14.6. The first-order valence-corrected chi connectivity index (χ1v) is 8.25. The number of hydrogen-bond donors (Lipinski definition) is 2. The van der Waals surface area contributed by atoms with Crippen molar-refractivity contribution in [1.82, 2.24) is 20.2 Å². The Morgan fingerprint density at radius 2 is 2.08 bits per heavy atom. The van der Waals surface area contributed by atoms with Gasteiger partial charge in [-0.2, -0.15) is 10.1 Å². The van der Waals surface area contributed by atoms with Gasteiger partial charge in [-0.3, -0.25) is 10.1 Å². The first-order valence-electron chi connectivity index (χ1n) is 7.46. The van der Waals surface area contributed by atoms with E-state index in [2.05, 4.69) is 46.6 Å². The molecule has 9 nitrogen and oxygen atoms in total. The Hall–Kier alpha value is -3.40. The Bertz CT molecular complexity index is 1170. The molecule has 2 N–H and O–H groups in total. The second kappa shape index (κ2) is 6.48. The number of H-pyrrole nitrogens is 1. The molecule has 0 amide bonds. The summed E-state index contributed by atoms with van der Waals surface area (Å²) in [6.07, 6.45) is 1.34. The van der Waals surface area contributed by atoms with Crippen molar-refractivity contribution in [2.45, 2.75) is 0 Å². The van der Waals surface area contributed by atoms with Gasteiger partial charge in [-0.05, 0) is 24.3 Å². The van der Waals surface area contributed by atoms with E-state index in [1.807, 2.05) is 18.2 Å². The molecule has 26 heavy (non-hydrogen) atoms. The molecule has 0 bridgehead atoms. The van der Waals surface area contributed by atoms with Crippen LogP contribution in [0.5, 0.6) is 0 Å². The Balaban J connectivity index is 1.62. The maximum Gasteiger partial charge on any atom is 0.278 e. The fourth-order valence-electron chi connectivity index (χ4n) is 2.51. The second-order valence-corrected chi connectivity index (χ2v) is 6.25. The fourth-order valence-corrected chi connectivity index (χ4v) is 2.87. The summed E-state index contributed by atoms with van der Waals surface area (Å²) in [5.74, 6) is 0.179. The molecular formula is C16H10BrN7O2. The summed E-state index contributed by atoms with van der Waals surface area (Å²) < 4.78 is 0.934. The number of halogens is 1. The lowest BCUT2D eigenvalue weighted by Gasteiger charge is -1.98. The maximum atomic E-state index is 11.0. The lowest BCUT2D eigenvalue weighted by atomic mass is 10.2. The van der Waals surface area contributed by atoms with Gasteiger partial charge in [0.15, 0.2) is 5.65 Å². The molecule has 2 aromatic heterocycles. The van der Waals surface area contributed by atoms with Crippen LogP contribution in [-0.4, -0.2) is 31.3 Å². The van der Waals surface area contributed by atoms with Crippen LogP contribution in [0.3, 0.4) is 0 Å². The van der Waals surface area contributed by atoms with Gasteiger partial charge in [0, 0.05) is 21.4 Å². The lowest BCUT2D eigenvalue weighted by molar-refractivity contribution is -0.385. The Morgan fingerprint density at radius 1 is 1.23 bits per heavy atom. The molecule has 0 radical (unpaired) electrons. The number of para-hydroxylation sites is 1. The van der Waals surface area contributed by atoms with Gasteiger partial charge in [0.1, 0.15) is 5.52 Å². The quantitative estimate of drug-likeness (QED) is 0.300. The van der Waals surface area contributed by atoms with Crippen molar-refractivity contribution in [3.8, 4) is 0 Å². The topological polar surface area (TPSA) is 122 Å². The first-order chi connectivity index (χ1) is 12.6. The molecule has 0 aliphatic heterocycles. The number of nitrogens with one attached hydrogen (secondary N) is 2. The number of nitro benzene ring substituents is 1. The van der Waals surface area contributed by atoms with Gasteiger partial charge >= 0.3 is 0 Å². The molecule has 4 rings (SSSR count). The molecule has 0 saturated heterocycles. The van der Waals surface area contributed by atoms with E-state index >= 15 is 0 Å². The summed E-state index contributed by atoms with van der Waals surface area (Å²) in [7, 11) is 0. The van der Waals surface area contributed by atoms with Crippen molar-refractivity contribution in [3.63, 3.8) is 0 Å². The number of aromatic amines is 1. The summed E-state index contributed by atoms with van der Waals surface area (Å²) in [5.41, 5.74) is 5.08. The third kappa shape index (κ3) is 2.97. The largest absolute Gasteiger partial charge is 0.338 e. The lowest BCUT2D eigenvalue weighted by Crippen LogP contribution is -2.00. The molecule has 0 spiro atoms. The molecule has 2 aromatic carbocycles. The van der Waals surface area contributed by atoms with Crippen molar-refractivity contribution in [3.05, 3.63) is 62.6 Å². The zero-order chi connectivity index (χ0) is 18.1. The predicted molar refractivity (Wildman–Crippen MR) is 101 cm³/mol. The number of nitro groups is 1. The van der Waals surface area contributed by atoms with Crippen molar-refractivity contribution in [1.29, 1.82) is 0 Å². The Labute approximate surface area is 154 Å². The van der Waals surface area contributed by atoms with Crippen LogP contribution in [0.25, 0.3) is 22.1 Å². The van der Waals surface area contributed by atoms with Crippen LogP contribution in [0.4, 0.5) is 11.6 Å².